The Hall–Kier alpha value is -2.87. The molecule has 3 N–H and O–H groups in total. The van der Waals surface area contributed by atoms with Crippen LogP contribution >= 0.6 is 0 Å². The van der Waals surface area contributed by atoms with Crippen molar-refractivity contribution in [2.24, 2.45) is 0 Å². The summed E-state index contributed by atoms with van der Waals surface area (Å²) in [5.74, 6) is 0.849. The van der Waals surface area contributed by atoms with Gasteiger partial charge in [0.05, 0.1) is 23.6 Å². The number of rotatable bonds is 3. The van der Waals surface area contributed by atoms with Gasteiger partial charge in [0, 0.05) is 37.1 Å². The first-order valence-corrected chi connectivity index (χ1v) is 8.95. The molecule has 3 aromatic rings. The predicted molar refractivity (Wildman–Crippen MR) is 96.0 cm³/mol. The van der Waals surface area contributed by atoms with Crippen molar-refractivity contribution in [1.29, 1.82) is 0 Å². The van der Waals surface area contributed by atoms with Crippen LogP contribution in [0.15, 0.2) is 35.4 Å². The molecule has 0 radical (unpaired) electrons. The quantitative estimate of drug-likeness (QED) is 0.648. The Morgan fingerprint density at radius 2 is 2.19 bits per heavy atom. The van der Waals surface area contributed by atoms with Crippen LogP contribution in [0.2, 0.25) is 0 Å². The molecule has 0 bridgehead atoms. The highest BCUT2D eigenvalue weighted by molar-refractivity contribution is 5.97. The van der Waals surface area contributed by atoms with Gasteiger partial charge in [0.1, 0.15) is 5.82 Å². The average molecular weight is 352 g/mol. The zero-order valence-corrected chi connectivity index (χ0v) is 14.2. The summed E-state index contributed by atoms with van der Waals surface area (Å²) in [4.78, 5) is 32.1. The van der Waals surface area contributed by atoms with Crippen molar-refractivity contribution in [3.63, 3.8) is 0 Å². The number of amides is 1. The summed E-state index contributed by atoms with van der Waals surface area (Å²) in [6.07, 6.45) is 5.74. The summed E-state index contributed by atoms with van der Waals surface area (Å²) in [6.45, 7) is 2.07. The molecule has 1 unspecified atom stereocenters. The molecule has 0 spiro atoms. The maximum Gasteiger partial charge on any atom is 0.326 e. The van der Waals surface area contributed by atoms with E-state index >= 15 is 0 Å². The Morgan fingerprint density at radius 3 is 3.04 bits per heavy atom. The van der Waals surface area contributed by atoms with Crippen LogP contribution in [-0.2, 0) is 13.1 Å². The van der Waals surface area contributed by atoms with Crippen molar-refractivity contribution in [2.75, 3.05) is 6.54 Å². The van der Waals surface area contributed by atoms with Gasteiger partial charge in [-0.15, -0.1) is 0 Å². The van der Waals surface area contributed by atoms with E-state index in [-0.39, 0.29) is 23.7 Å². The minimum absolute atomic E-state index is 0.0227. The number of H-pyrrole nitrogens is 1. The lowest BCUT2D eigenvalue weighted by Gasteiger charge is -2.17. The molecule has 1 saturated carbocycles. The van der Waals surface area contributed by atoms with Gasteiger partial charge >= 0.3 is 5.69 Å². The lowest BCUT2D eigenvalue weighted by atomic mass is 10.1. The van der Waals surface area contributed by atoms with E-state index in [2.05, 4.69) is 25.2 Å². The SMILES string of the molecule is O=C(NC1CNCc2nccn2C1)c1ccc2[nH]c(=O)n(C3CC3)c2c1. The maximum absolute atomic E-state index is 12.8. The number of hydrogen-bond acceptors (Lipinski definition) is 4. The smallest absolute Gasteiger partial charge is 0.326 e. The third-order valence-electron chi connectivity index (χ3n) is 5.12. The summed E-state index contributed by atoms with van der Waals surface area (Å²) in [7, 11) is 0. The van der Waals surface area contributed by atoms with E-state index in [1.165, 1.54) is 0 Å². The van der Waals surface area contributed by atoms with E-state index < -0.39 is 0 Å². The fraction of sp³-hybridized carbons (Fsp3) is 0.389. The van der Waals surface area contributed by atoms with Gasteiger partial charge in [-0.2, -0.15) is 0 Å². The van der Waals surface area contributed by atoms with Crippen molar-refractivity contribution in [1.82, 2.24) is 29.7 Å². The van der Waals surface area contributed by atoms with Crippen molar-refractivity contribution < 1.29 is 4.79 Å². The first-order chi connectivity index (χ1) is 12.7. The Kier molecular flexibility index (Phi) is 3.46. The van der Waals surface area contributed by atoms with E-state index in [4.69, 9.17) is 0 Å². The monoisotopic (exact) mass is 352 g/mol. The standard InChI is InChI=1S/C18H20N6O2/c25-17(21-12-8-19-9-16-20-5-6-23(16)10-12)11-1-4-14-15(7-11)24(13-2-3-13)18(26)22-14/h1,4-7,12-13,19H,2-3,8-10H2,(H,21,25)(H,22,26). The number of aromatic nitrogens is 4. The molecule has 8 heteroatoms. The number of carbonyl (C=O) groups excluding carboxylic acids is 1. The summed E-state index contributed by atoms with van der Waals surface area (Å²) < 4.78 is 3.84. The third-order valence-corrected chi connectivity index (χ3v) is 5.12. The second-order valence-corrected chi connectivity index (χ2v) is 7.06. The molecule has 1 aliphatic heterocycles. The van der Waals surface area contributed by atoms with Gasteiger partial charge < -0.3 is 20.2 Å². The molecular weight excluding hydrogens is 332 g/mol. The van der Waals surface area contributed by atoms with Gasteiger partial charge in [0.25, 0.3) is 5.91 Å². The Bertz CT molecular complexity index is 1040. The Morgan fingerprint density at radius 1 is 1.31 bits per heavy atom. The molecule has 1 aliphatic carbocycles. The second-order valence-electron chi connectivity index (χ2n) is 7.06. The molecule has 1 fully saturated rings. The molecule has 5 rings (SSSR count). The number of hydrogen-bond donors (Lipinski definition) is 3. The first-order valence-electron chi connectivity index (χ1n) is 8.95. The largest absolute Gasteiger partial charge is 0.346 e. The van der Waals surface area contributed by atoms with Gasteiger partial charge in [-0.25, -0.2) is 9.78 Å². The van der Waals surface area contributed by atoms with Crippen LogP contribution in [0.25, 0.3) is 11.0 Å². The number of fused-ring (bicyclic) bond motifs is 2. The summed E-state index contributed by atoms with van der Waals surface area (Å²) >= 11 is 0. The number of aromatic amines is 1. The lowest BCUT2D eigenvalue weighted by molar-refractivity contribution is 0.0933. The van der Waals surface area contributed by atoms with Gasteiger partial charge in [-0.3, -0.25) is 9.36 Å². The summed E-state index contributed by atoms with van der Waals surface area (Å²) in [5, 5.41) is 6.41. The Balaban J connectivity index is 1.40. The number of imidazole rings is 2. The molecule has 3 heterocycles. The van der Waals surface area contributed by atoms with Gasteiger partial charge in [-0.1, -0.05) is 0 Å². The van der Waals surface area contributed by atoms with Crippen molar-refractivity contribution in [3.05, 3.63) is 52.5 Å². The van der Waals surface area contributed by atoms with Crippen molar-refractivity contribution in [2.45, 2.75) is 38.0 Å². The highest BCUT2D eigenvalue weighted by atomic mass is 16.2. The minimum Gasteiger partial charge on any atom is -0.346 e. The average Bonchev–Trinajstić information content (AvgIpc) is 3.32. The maximum atomic E-state index is 12.8. The molecule has 8 nitrogen and oxygen atoms in total. The van der Waals surface area contributed by atoms with Crippen LogP contribution in [0, 0.1) is 0 Å². The van der Waals surface area contributed by atoms with Gasteiger partial charge in [0.2, 0.25) is 0 Å². The fourth-order valence-electron chi connectivity index (χ4n) is 3.66. The molecule has 1 atom stereocenters. The van der Waals surface area contributed by atoms with Crippen LogP contribution in [0.5, 0.6) is 0 Å². The van der Waals surface area contributed by atoms with E-state index in [9.17, 15) is 9.59 Å². The highest BCUT2D eigenvalue weighted by Gasteiger charge is 2.27. The third kappa shape index (κ3) is 2.62. The topological polar surface area (TPSA) is 96.7 Å². The molecular formula is C18H20N6O2. The summed E-state index contributed by atoms with van der Waals surface area (Å²) in [5.41, 5.74) is 2.06. The number of nitrogens with one attached hydrogen (secondary N) is 3. The number of nitrogens with zero attached hydrogens (tertiary/aromatic N) is 3. The van der Waals surface area contributed by atoms with E-state index in [0.717, 1.165) is 29.7 Å². The predicted octanol–water partition coefficient (Wildman–Crippen LogP) is 0.763. The van der Waals surface area contributed by atoms with Crippen LogP contribution in [0.3, 0.4) is 0 Å². The molecule has 0 saturated heterocycles. The van der Waals surface area contributed by atoms with Crippen LogP contribution < -0.4 is 16.3 Å². The molecule has 1 amide bonds. The zero-order valence-electron chi connectivity index (χ0n) is 14.2. The van der Waals surface area contributed by atoms with Crippen LogP contribution in [0.1, 0.15) is 35.1 Å². The fourth-order valence-corrected chi connectivity index (χ4v) is 3.66. The zero-order chi connectivity index (χ0) is 17.7. The molecule has 2 aromatic heterocycles. The molecule has 134 valence electrons. The van der Waals surface area contributed by atoms with Crippen LogP contribution in [0.4, 0.5) is 0 Å². The minimum atomic E-state index is -0.127. The summed E-state index contributed by atoms with van der Waals surface area (Å²) in [6, 6.07) is 5.63. The van der Waals surface area contributed by atoms with Crippen LogP contribution in [-0.4, -0.2) is 37.6 Å². The molecule has 1 aromatic carbocycles. The molecule has 26 heavy (non-hydrogen) atoms. The normalized spacial score (nSPS) is 19.9. The lowest BCUT2D eigenvalue weighted by Crippen LogP contribution is -2.42. The van der Waals surface area contributed by atoms with E-state index in [0.29, 0.717) is 25.2 Å². The van der Waals surface area contributed by atoms with Gasteiger partial charge in [0.15, 0.2) is 0 Å². The first kappa shape index (κ1) is 15.4. The second kappa shape index (κ2) is 5.84. The number of carbonyl (C=O) groups is 1. The number of benzene rings is 1. The Labute approximate surface area is 149 Å². The van der Waals surface area contributed by atoms with Crippen molar-refractivity contribution >= 4 is 16.9 Å². The van der Waals surface area contributed by atoms with Crippen molar-refractivity contribution in [3.8, 4) is 0 Å². The molecule has 2 aliphatic rings. The van der Waals surface area contributed by atoms with E-state index in [1.807, 2.05) is 18.3 Å². The van der Waals surface area contributed by atoms with E-state index in [1.54, 1.807) is 16.8 Å². The van der Waals surface area contributed by atoms with Gasteiger partial charge in [-0.05, 0) is 31.0 Å². The highest BCUT2D eigenvalue weighted by Crippen LogP contribution is 2.35.